The maximum Gasteiger partial charge on any atom is 0.225 e. The highest BCUT2D eigenvalue weighted by Gasteiger charge is 2.36. The number of benzene rings is 1. The predicted octanol–water partition coefficient (Wildman–Crippen LogP) is 2.52. The van der Waals surface area contributed by atoms with E-state index in [1.54, 1.807) is 0 Å². The monoisotopic (exact) mass is 414 g/mol. The minimum atomic E-state index is -0.196. The van der Waals surface area contributed by atoms with Crippen LogP contribution in [0.15, 0.2) is 30.3 Å². The Morgan fingerprint density at radius 3 is 2.57 bits per heavy atom. The van der Waals surface area contributed by atoms with Crippen LogP contribution in [0.2, 0.25) is 0 Å². The largest absolute Gasteiger partial charge is 0.356 e. The van der Waals surface area contributed by atoms with E-state index < -0.39 is 0 Å². The summed E-state index contributed by atoms with van der Waals surface area (Å²) in [5, 5.41) is 3.09. The molecule has 0 spiro atoms. The second kappa shape index (κ2) is 10.9. The van der Waals surface area contributed by atoms with Crippen LogP contribution in [0.1, 0.15) is 51.1 Å². The molecule has 2 saturated heterocycles. The van der Waals surface area contributed by atoms with Crippen molar-refractivity contribution < 1.29 is 9.59 Å². The molecule has 1 N–H and O–H groups in total. The predicted molar refractivity (Wildman–Crippen MR) is 120 cm³/mol. The lowest BCUT2D eigenvalue weighted by molar-refractivity contribution is -0.130. The third kappa shape index (κ3) is 5.61. The second-order valence-electron chi connectivity index (χ2n) is 8.79. The van der Waals surface area contributed by atoms with E-state index >= 15 is 0 Å². The molecule has 0 radical (unpaired) electrons. The molecular formula is C24H38N4O2. The van der Waals surface area contributed by atoms with Crippen molar-refractivity contribution in [2.24, 2.45) is 5.92 Å². The Balaban J connectivity index is 1.45. The standard InChI is InChI=1S/C24H38N4O2/c1-4-21(5-2)28-17-20(16-23(28)29)24(30)25-12-9-13-27-15-14-26(3)18-22(27)19-10-7-6-8-11-19/h6-8,10-11,20-22H,4-5,9,12-18H2,1-3H3,(H,25,30). The van der Waals surface area contributed by atoms with Gasteiger partial charge in [-0.1, -0.05) is 44.2 Å². The molecule has 1 aromatic carbocycles. The zero-order valence-electron chi connectivity index (χ0n) is 18.8. The molecule has 0 aromatic heterocycles. The Kier molecular flexibility index (Phi) is 8.28. The highest BCUT2D eigenvalue weighted by molar-refractivity contribution is 5.89. The first kappa shape index (κ1) is 22.8. The number of nitrogens with zero attached hydrogens (tertiary/aromatic N) is 3. The number of piperazine rings is 1. The minimum absolute atomic E-state index is 0.0368. The third-order valence-corrected chi connectivity index (χ3v) is 6.71. The van der Waals surface area contributed by atoms with Gasteiger partial charge in [0.2, 0.25) is 11.8 Å². The molecule has 2 aliphatic heterocycles. The Labute approximate surface area is 181 Å². The van der Waals surface area contributed by atoms with Gasteiger partial charge < -0.3 is 15.1 Å². The van der Waals surface area contributed by atoms with E-state index in [-0.39, 0.29) is 23.8 Å². The SMILES string of the molecule is CCC(CC)N1CC(C(=O)NCCCN2CCN(C)CC2c2ccccc2)CC1=O. The van der Waals surface area contributed by atoms with E-state index in [0.717, 1.165) is 45.4 Å². The number of hydrogen-bond acceptors (Lipinski definition) is 4. The maximum atomic E-state index is 12.6. The number of amides is 2. The Bertz CT molecular complexity index is 692. The average Bonchev–Trinajstić information content (AvgIpc) is 3.15. The average molecular weight is 415 g/mol. The summed E-state index contributed by atoms with van der Waals surface area (Å²) >= 11 is 0. The summed E-state index contributed by atoms with van der Waals surface area (Å²) in [6, 6.07) is 11.4. The van der Waals surface area contributed by atoms with Crippen molar-refractivity contribution in [3.05, 3.63) is 35.9 Å². The zero-order valence-corrected chi connectivity index (χ0v) is 18.8. The molecule has 3 rings (SSSR count). The zero-order chi connectivity index (χ0) is 21.5. The Hall–Kier alpha value is -1.92. The summed E-state index contributed by atoms with van der Waals surface area (Å²) in [7, 11) is 2.18. The molecule has 166 valence electrons. The molecule has 6 nitrogen and oxygen atoms in total. The molecule has 0 aliphatic carbocycles. The summed E-state index contributed by atoms with van der Waals surface area (Å²) < 4.78 is 0. The van der Waals surface area contributed by atoms with Gasteiger partial charge in [0.25, 0.3) is 0 Å². The van der Waals surface area contributed by atoms with Crippen molar-refractivity contribution >= 4 is 11.8 Å². The van der Waals surface area contributed by atoms with Crippen LogP contribution < -0.4 is 5.32 Å². The van der Waals surface area contributed by atoms with Crippen molar-refractivity contribution in [3.8, 4) is 0 Å². The summed E-state index contributed by atoms with van der Waals surface area (Å²) in [6.07, 6.45) is 3.18. The number of hydrogen-bond donors (Lipinski definition) is 1. The fraction of sp³-hybridized carbons (Fsp3) is 0.667. The molecule has 30 heavy (non-hydrogen) atoms. The lowest BCUT2D eigenvalue weighted by Crippen LogP contribution is -2.47. The fourth-order valence-electron chi connectivity index (χ4n) is 4.84. The molecule has 2 atom stereocenters. The molecule has 1 aromatic rings. The first-order valence-corrected chi connectivity index (χ1v) is 11.6. The van der Waals surface area contributed by atoms with Crippen LogP contribution in [0, 0.1) is 5.92 Å². The van der Waals surface area contributed by atoms with Gasteiger partial charge in [0.05, 0.1) is 5.92 Å². The minimum Gasteiger partial charge on any atom is -0.356 e. The first-order chi connectivity index (χ1) is 14.5. The highest BCUT2D eigenvalue weighted by Crippen LogP contribution is 2.25. The number of carbonyl (C=O) groups is 2. The van der Waals surface area contributed by atoms with Crippen LogP contribution in [-0.4, -0.2) is 78.9 Å². The normalized spacial score (nSPS) is 23.3. The molecule has 0 bridgehead atoms. The van der Waals surface area contributed by atoms with Gasteiger partial charge in [-0.05, 0) is 31.9 Å². The molecule has 2 fully saturated rings. The number of carbonyl (C=O) groups excluding carboxylic acids is 2. The van der Waals surface area contributed by atoms with E-state index in [0.29, 0.717) is 25.6 Å². The highest BCUT2D eigenvalue weighted by atomic mass is 16.2. The Morgan fingerprint density at radius 2 is 1.87 bits per heavy atom. The fourth-order valence-corrected chi connectivity index (χ4v) is 4.84. The molecular weight excluding hydrogens is 376 g/mol. The summed E-state index contributed by atoms with van der Waals surface area (Å²) in [6.45, 7) is 9.58. The molecule has 2 aliphatic rings. The van der Waals surface area contributed by atoms with Crippen molar-refractivity contribution in [2.45, 2.75) is 51.6 Å². The number of rotatable bonds is 9. The second-order valence-corrected chi connectivity index (χ2v) is 8.79. The van der Waals surface area contributed by atoms with Crippen molar-refractivity contribution in [1.82, 2.24) is 20.0 Å². The van der Waals surface area contributed by atoms with Gasteiger partial charge >= 0.3 is 0 Å². The molecule has 2 heterocycles. The van der Waals surface area contributed by atoms with E-state index in [2.05, 4.69) is 66.3 Å². The van der Waals surface area contributed by atoms with Crippen molar-refractivity contribution in [1.29, 1.82) is 0 Å². The van der Waals surface area contributed by atoms with E-state index in [1.807, 2.05) is 4.90 Å². The first-order valence-electron chi connectivity index (χ1n) is 11.6. The van der Waals surface area contributed by atoms with E-state index in [9.17, 15) is 9.59 Å². The van der Waals surface area contributed by atoms with Gasteiger partial charge in [0, 0.05) is 57.8 Å². The van der Waals surface area contributed by atoms with Crippen LogP contribution in [0.5, 0.6) is 0 Å². The van der Waals surface area contributed by atoms with E-state index in [4.69, 9.17) is 0 Å². The van der Waals surface area contributed by atoms with Gasteiger partial charge in [-0.3, -0.25) is 14.5 Å². The molecule has 6 heteroatoms. The maximum absolute atomic E-state index is 12.6. The van der Waals surface area contributed by atoms with Crippen LogP contribution in [0.3, 0.4) is 0 Å². The molecule has 2 amide bonds. The number of nitrogens with one attached hydrogen (secondary N) is 1. The van der Waals surface area contributed by atoms with Gasteiger partial charge in [-0.15, -0.1) is 0 Å². The molecule has 0 saturated carbocycles. The third-order valence-electron chi connectivity index (χ3n) is 6.71. The Morgan fingerprint density at radius 1 is 1.13 bits per heavy atom. The topological polar surface area (TPSA) is 55.9 Å². The van der Waals surface area contributed by atoms with Gasteiger partial charge in [0.15, 0.2) is 0 Å². The van der Waals surface area contributed by atoms with Crippen LogP contribution in [0.4, 0.5) is 0 Å². The van der Waals surface area contributed by atoms with Crippen LogP contribution in [-0.2, 0) is 9.59 Å². The summed E-state index contributed by atoms with van der Waals surface area (Å²) in [5.41, 5.74) is 1.36. The van der Waals surface area contributed by atoms with Gasteiger partial charge in [0.1, 0.15) is 0 Å². The molecule has 2 unspecified atom stereocenters. The number of likely N-dealkylation sites (N-methyl/N-ethyl adjacent to an activating group) is 1. The number of likely N-dealkylation sites (tertiary alicyclic amines) is 1. The van der Waals surface area contributed by atoms with Crippen LogP contribution in [0.25, 0.3) is 0 Å². The lowest BCUT2D eigenvalue weighted by Gasteiger charge is -2.40. The van der Waals surface area contributed by atoms with E-state index in [1.165, 1.54) is 5.56 Å². The lowest BCUT2D eigenvalue weighted by atomic mass is 10.0. The van der Waals surface area contributed by atoms with Gasteiger partial charge in [-0.2, -0.15) is 0 Å². The quantitative estimate of drug-likeness (QED) is 0.631. The van der Waals surface area contributed by atoms with Crippen molar-refractivity contribution in [2.75, 3.05) is 46.3 Å². The van der Waals surface area contributed by atoms with Crippen LogP contribution >= 0.6 is 0 Å². The van der Waals surface area contributed by atoms with Crippen molar-refractivity contribution in [3.63, 3.8) is 0 Å². The summed E-state index contributed by atoms with van der Waals surface area (Å²) in [5.74, 6) is -0.0272. The smallest absolute Gasteiger partial charge is 0.225 e. The van der Waals surface area contributed by atoms with Gasteiger partial charge in [-0.25, -0.2) is 0 Å². The summed E-state index contributed by atoms with van der Waals surface area (Å²) in [4.78, 5) is 31.8.